The van der Waals surface area contributed by atoms with Crippen LogP contribution in [0.5, 0.6) is 0 Å². The van der Waals surface area contributed by atoms with E-state index in [1.54, 1.807) is 0 Å². The monoisotopic (exact) mass is 264 g/mol. The van der Waals surface area contributed by atoms with Crippen molar-refractivity contribution in [1.82, 2.24) is 10.2 Å². The topological polar surface area (TPSA) is 28.4 Å². The third-order valence-corrected chi connectivity index (χ3v) is 4.12. The van der Waals surface area contributed by atoms with E-state index in [1.165, 1.54) is 44.2 Å². The normalized spacial score (nSPS) is 20.8. The summed E-state index contributed by atoms with van der Waals surface area (Å²) in [6.45, 7) is 8.57. The van der Waals surface area contributed by atoms with Gasteiger partial charge in [0.2, 0.25) is 0 Å². The second kappa shape index (κ2) is 7.71. The molecular weight excluding hydrogens is 236 g/mol. The molecule has 1 N–H and O–H groups in total. The summed E-state index contributed by atoms with van der Waals surface area (Å²) >= 11 is 0. The molecule has 0 aromatic carbocycles. The van der Waals surface area contributed by atoms with Crippen molar-refractivity contribution in [1.29, 1.82) is 0 Å². The van der Waals surface area contributed by atoms with Crippen LogP contribution in [0.25, 0.3) is 0 Å². The number of hydrogen-bond donors (Lipinski definition) is 1. The van der Waals surface area contributed by atoms with Gasteiger partial charge in [-0.25, -0.2) is 0 Å². The Bertz CT molecular complexity index is 359. The van der Waals surface area contributed by atoms with Crippen molar-refractivity contribution in [2.75, 3.05) is 13.1 Å². The molecule has 19 heavy (non-hydrogen) atoms. The van der Waals surface area contributed by atoms with E-state index >= 15 is 0 Å². The van der Waals surface area contributed by atoms with E-state index in [0.717, 1.165) is 31.4 Å². The lowest BCUT2D eigenvalue weighted by Gasteiger charge is -2.35. The average Bonchev–Trinajstić information content (AvgIpc) is 2.86. The minimum Gasteiger partial charge on any atom is -0.468 e. The van der Waals surface area contributed by atoms with E-state index in [2.05, 4.69) is 30.1 Å². The largest absolute Gasteiger partial charge is 0.468 e. The average molecular weight is 264 g/mol. The van der Waals surface area contributed by atoms with Gasteiger partial charge >= 0.3 is 0 Å². The number of hydrogen-bond acceptors (Lipinski definition) is 3. The SMILES string of the molecule is CCCC1CCCCN1Cc1ccoc1CNCC. The van der Waals surface area contributed by atoms with Crippen LogP contribution in [-0.2, 0) is 13.1 Å². The molecule has 1 saturated heterocycles. The molecule has 1 fully saturated rings. The molecule has 0 aliphatic carbocycles. The molecule has 0 bridgehead atoms. The highest BCUT2D eigenvalue weighted by molar-refractivity contribution is 5.17. The van der Waals surface area contributed by atoms with Crippen molar-refractivity contribution in [2.45, 2.75) is 65.1 Å². The van der Waals surface area contributed by atoms with Gasteiger partial charge in [-0.15, -0.1) is 0 Å². The summed E-state index contributed by atoms with van der Waals surface area (Å²) in [7, 11) is 0. The number of rotatable bonds is 7. The Balaban J connectivity index is 1.96. The van der Waals surface area contributed by atoms with Gasteiger partial charge in [0.1, 0.15) is 5.76 Å². The van der Waals surface area contributed by atoms with Crippen molar-refractivity contribution in [3.05, 3.63) is 23.7 Å². The Morgan fingerprint density at radius 3 is 3.05 bits per heavy atom. The number of furan rings is 1. The van der Waals surface area contributed by atoms with E-state index < -0.39 is 0 Å². The van der Waals surface area contributed by atoms with Crippen LogP contribution in [0, 0.1) is 0 Å². The van der Waals surface area contributed by atoms with Crippen LogP contribution in [0.15, 0.2) is 16.7 Å². The van der Waals surface area contributed by atoms with E-state index in [1.807, 2.05) is 6.26 Å². The Morgan fingerprint density at radius 2 is 2.26 bits per heavy atom. The molecular formula is C16H28N2O. The number of likely N-dealkylation sites (tertiary alicyclic amines) is 1. The summed E-state index contributed by atoms with van der Waals surface area (Å²) in [5.41, 5.74) is 1.36. The number of nitrogens with zero attached hydrogens (tertiary/aromatic N) is 1. The fraction of sp³-hybridized carbons (Fsp3) is 0.750. The zero-order valence-corrected chi connectivity index (χ0v) is 12.5. The zero-order valence-electron chi connectivity index (χ0n) is 12.5. The molecule has 0 saturated carbocycles. The Kier molecular flexibility index (Phi) is 5.93. The smallest absolute Gasteiger partial charge is 0.122 e. The zero-order chi connectivity index (χ0) is 13.5. The minimum atomic E-state index is 0.778. The van der Waals surface area contributed by atoms with Gasteiger partial charge in [-0.1, -0.05) is 26.7 Å². The van der Waals surface area contributed by atoms with E-state index in [-0.39, 0.29) is 0 Å². The molecule has 0 spiro atoms. The molecule has 1 aliphatic rings. The first-order chi connectivity index (χ1) is 9.35. The molecule has 2 rings (SSSR count). The molecule has 2 heterocycles. The third kappa shape index (κ3) is 4.08. The summed E-state index contributed by atoms with van der Waals surface area (Å²) in [5.74, 6) is 1.11. The van der Waals surface area contributed by atoms with Crippen LogP contribution in [0.4, 0.5) is 0 Å². The summed E-state index contributed by atoms with van der Waals surface area (Å²) in [4.78, 5) is 2.66. The molecule has 0 amide bonds. The minimum absolute atomic E-state index is 0.778. The van der Waals surface area contributed by atoms with E-state index in [9.17, 15) is 0 Å². The summed E-state index contributed by atoms with van der Waals surface area (Å²) in [6.07, 6.45) is 8.57. The van der Waals surface area contributed by atoms with Crippen molar-refractivity contribution in [3.8, 4) is 0 Å². The van der Waals surface area contributed by atoms with Crippen LogP contribution in [0.3, 0.4) is 0 Å². The van der Waals surface area contributed by atoms with Crippen molar-refractivity contribution in [3.63, 3.8) is 0 Å². The van der Waals surface area contributed by atoms with Gasteiger partial charge in [-0.3, -0.25) is 4.90 Å². The molecule has 1 atom stereocenters. The molecule has 1 aromatic heterocycles. The van der Waals surface area contributed by atoms with E-state index in [0.29, 0.717) is 0 Å². The number of nitrogens with one attached hydrogen (secondary N) is 1. The molecule has 108 valence electrons. The van der Waals surface area contributed by atoms with Crippen LogP contribution >= 0.6 is 0 Å². The summed E-state index contributed by atoms with van der Waals surface area (Å²) in [6, 6.07) is 2.92. The fourth-order valence-electron chi connectivity index (χ4n) is 3.05. The summed E-state index contributed by atoms with van der Waals surface area (Å²) in [5, 5.41) is 3.35. The van der Waals surface area contributed by atoms with Gasteiger partial charge in [-0.05, 0) is 38.4 Å². The van der Waals surface area contributed by atoms with Crippen LogP contribution in [0.1, 0.15) is 57.3 Å². The van der Waals surface area contributed by atoms with Crippen molar-refractivity contribution >= 4 is 0 Å². The van der Waals surface area contributed by atoms with Crippen LogP contribution in [0.2, 0.25) is 0 Å². The van der Waals surface area contributed by atoms with Gasteiger partial charge in [0.25, 0.3) is 0 Å². The van der Waals surface area contributed by atoms with Crippen molar-refractivity contribution < 1.29 is 4.42 Å². The third-order valence-electron chi connectivity index (χ3n) is 4.12. The van der Waals surface area contributed by atoms with Crippen LogP contribution < -0.4 is 5.32 Å². The lowest BCUT2D eigenvalue weighted by atomic mass is 9.97. The van der Waals surface area contributed by atoms with Gasteiger partial charge in [0.15, 0.2) is 0 Å². The maximum absolute atomic E-state index is 5.61. The Morgan fingerprint density at radius 1 is 1.37 bits per heavy atom. The predicted octanol–water partition coefficient (Wildman–Crippen LogP) is 3.54. The molecule has 1 aromatic rings. The maximum atomic E-state index is 5.61. The summed E-state index contributed by atoms with van der Waals surface area (Å²) < 4.78 is 5.61. The van der Waals surface area contributed by atoms with Gasteiger partial charge in [0, 0.05) is 18.2 Å². The highest BCUT2D eigenvalue weighted by Crippen LogP contribution is 2.24. The molecule has 1 aliphatic heterocycles. The van der Waals surface area contributed by atoms with Gasteiger partial charge in [0.05, 0.1) is 12.8 Å². The van der Waals surface area contributed by atoms with Gasteiger partial charge < -0.3 is 9.73 Å². The first-order valence-corrected chi connectivity index (χ1v) is 7.85. The quantitative estimate of drug-likeness (QED) is 0.816. The van der Waals surface area contributed by atoms with E-state index in [4.69, 9.17) is 4.42 Å². The first-order valence-electron chi connectivity index (χ1n) is 7.85. The molecule has 3 nitrogen and oxygen atoms in total. The second-order valence-corrected chi connectivity index (χ2v) is 5.56. The maximum Gasteiger partial charge on any atom is 0.122 e. The lowest BCUT2D eigenvalue weighted by molar-refractivity contribution is 0.130. The van der Waals surface area contributed by atoms with Crippen LogP contribution in [-0.4, -0.2) is 24.0 Å². The highest BCUT2D eigenvalue weighted by atomic mass is 16.3. The predicted molar refractivity (Wildman–Crippen MR) is 79.0 cm³/mol. The first kappa shape index (κ1) is 14.6. The standard InChI is InChI=1S/C16H28N2O/c1-3-7-15-8-5-6-10-18(15)13-14-9-11-19-16(14)12-17-4-2/h9,11,15,17H,3-8,10,12-13H2,1-2H3. The second-order valence-electron chi connectivity index (χ2n) is 5.56. The number of piperidine rings is 1. The molecule has 0 radical (unpaired) electrons. The molecule has 3 heteroatoms. The highest BCUT2D eigenvalue weighted by Gasteiger charge is 2.22. The molecule has 1 unspecified atom stereocenters. The lowest BCUT2D eigenvalue weighted by Crippen LogP contribution is -2.38. The van der Waals surface area contributed by atoms with Crippen molar-refractivity contribution in [2.24, 2.45) is 0 Å². The Labute approximate surface area is 117 Å². The van der Waals surface area contributed by atoms with Gasteiger partial charge in [-0.2, -0.15) is 0 Å². The fourth-order valence-corrected chi connectivity index (χ4v) is 3.05. The Hall–Kier alpha value is -0.800.